The average molecular weight is 400 g/mol. The first-order chi connectivity index (χ1) is 14.1. The van der Waals surface area contributed by atoms with Gasteiger partial charge in [0.15, 0.2) is 18.1 Å². The van der Waals surface area contributed by atoms with Crippen LogP contribution in [0.2, 0.25) is 0 Å². The molecule has 29 heavy (non-hydrogen) atoms. The Morgan fingerprint density at radius 1 is 1.03 bits per heavy atom. The molecule has 154 valence electrons. The van der Waals surface area contributed by atoms with Crippen molar-refractivity contribution in [1.29, 1.82) is 0 Å². The Bertz CT molecular complexity index is 866. The van der Waals surface area contributed by atoms with Gasteiger partial charge in [0.1, 0.15) is 5.82 Å². The molecule has 0 bridgehead atoms. The Morgan fingerprint density at radius 2 is 1.76 bits per heavy atom. The zero-order valence-electron chi connectivity index (χ0n) is 16.4. The van der Waals surface area contributed by atoms with Crippen molar-refractivity contribution in [3.05, 3.63) is 48.3 Å². The number of rotatable bonds is 7. The Morgan fingerprint density at radius 3 is 2.48 bits per heavy atom. The lowest BCUT2D eigenvalue weighted by Crippen LogP contribution is -2.25. The molecule has 0 spiro atoms. The van der Waals surface area contributed by atoms with Crippen LogP contribution in [-0.4, -0.2) is 25.5 Å². The van der Waals surface area contributed by atoms with E-state index in [9.17, 15) is 14.0 Å². The van der Waals surface area contributed by atoms with E-state index < -0.39 is 11.7 Å². The van der Waals surface area contributed by atoms with E-state index in [1.165, 1.54) is 25.3 Å². The summed E-state index contributed by atoms with van der Waals surface area (Å²) in [6, 6.07) is 11.1. The number of carbonyl (C=O) groups excluding carboxylic acids is 2. The summed E-state index contributed by atoms with van der Waals surface area (Å²) in [7, 11) is 1.52. The number of amides is 2. The van der Waals surface area contributed by atoms with Gasteiger partial charge in [-0.1, -0.05) is 31.4 Å². The second-order valence-corrected chi connectivity index (χ2v) is 7.01. The minimum absolute atomic E-state index is 0.0593. The highest BCUT2D eigenvalue weighted by Crippen LogP contribution is 2.27. The molecule has 2 aromatic carbocycles. The van der Waals surface area contributed by atoms with Gasteiger partial charge in [0.25, 0.3) is 5.91 Å². The molecule has 0 heterocycles. The van der Waals surface area contributed by atoms with E-state index in [4.69, 9.17) is 9.47 Å². The van der Waals surface area contributed by atoms with E-state index in [0.717, 1.165) is 32.1 Å². The first kappa shape index (κ1) is 20.6. The normalized spacial score (nSPS) is 14.1. The topological polar surface area (TPSA) is 76.7 Å². The van der Waals surface area contributed by atoms with E-state index in [-0.39, 0.29) is 24.1 Å². The van der Waals surface area contributed by atoms with Gasteiger partial charge in [0.2, 0.25) is 5.91 Å². The van der Waals surface area contributed by atoms with Crippen molar-refractivity contribution >= 4 is 23.2 Å². The minimum atomic E-state index is -0.544. The Hall–Kier alpha value is -3.09. The molecule has 6 nitrogen and oxygen atoms in total. The molecule has 0 radical (unpaired) electrons. The van der Waals surface area contributed by atoms with Crippen molar-refractivity contribution in [3.8, 4) is 11.5 Å². The van der Waals surface area contributed by atoms with E-state index in [1.807, 2.05) is 0 Å². The number of carbonyl (C=O) groups is 2. The molecule has 1 aliphatic rings. The third kappa shape index (κ3) is 5.70. The van der Waals surface area contributed by atoms with Crippen LogP contribution in [0.1, 0.15) is 32.1 Å². The van der Waals surface area contributed by atoms with Gasteiger partial charge in [0, 0.05) is 11.6 Å². The SMILES string of the molecule is COc1ccccc1OCC(=O)Nc1ccc(F)c(NC(=O)C2CCCCC2)c1. The van der Waals surface area contributed by atoms with Gasteiger partial charge in [-0.15, -0.1) is 0 Å². The predicted octanol–water partition coefficient (Wildman–Crippen LogP) is 4.37. The minimum Gasteiger partial charge on any atom is -0.493 e. The molecule has 7 heteroatoms. The molecule has 2 aromatic rings. The van der Waals surface area contributed by atoms with Crippen LogP contribution in [0.25, 0.3) is 0 Å². The van der Waals surface area contributed by atoms with Gasteiger partial charge < -0.3 is 20.1 Å². The zero-order valence-corrected chi connectivity index (χ0v) is 16.4. The van der Waals surface area contributed by atoms with Crippen molar-refractivity contribution in [3.63, 3.8) is 0 Å². The summed E-state index contributed by atoms with van der Waals surface area (Å²) in [6.45, 7) is -0.235. The molecular formula is C22H25FN2O4. The summed E-state index contributed by atoms with van der Waals surface area (Å²) in [5, 5.41) is 5.30. The molecule has 0 atom stereocenters. The standard InChI is InChI=1S/C22H25FN2O4/c1-28-19-9-5-6-10-20(19)29-14-21(26)24-16-11-12-17(23)18(13-16)25-22(27)15-7-3-2-4-8-15/h5-6,9-13,15H,2-4,7-8,14H2,1H3,(H,24,26)(H,25,27). The second-order valence-electron chi connectivity index (χ2n) is 7.01. The van der Waals surface area contributed by atoms with Crippen LogP contribution < -0.4 is 20.1 Å². The number of hydrogen-bond donors (Lipinski definition) is 2. The Labute approximate surface area is 169 Å². The maximum absolute atomic E-state index is 14.1. The van der Waals surface area contributed by atoms with Crippen LogP contribution in [-0.2, 0) is 9.59 Å². The molecule has 2 amide bonds. The number of para-hydroxylation sites is 2. The number of anilines is 2. The first-order valence-corrected chi connectivity index (χ1v) is 9.73. The van der Waals surface area contributed by atoms with Crippen LogP contribution in [0, 0.1) is 11.7 Å². The van der Waals surface area contributed by atoms with Gasteiger partial charge in [0.05, 0.1) is 12.8 Å². The maximum atomic E-state index is 14.1. The van der Waals surface area contributed by atoms with Crippen LogP contribution in [0.5, 0.6) is 11.5 Å². The highest BCUT2D eigenvalue weighted by atomic mass is 19.1. The lowest BCUT2D eigenvalue weighted by atomic mass is 9.88. The average Bonchev–Trinajstić information content (AvgIpc) is 2.75. The van der Waals surface area contributed by atoms with E-state index in [0.29, 0.717) is 17.2 Å². The number of halogens is 1. The predicted molar refractivity (Wildman–Crippen MR) is 109 cm³/mol. The monoisotopic (exact) mass is 400 g/mol. The van der Waals surface area contributed by atoms with Crippen LogP contribution in [0.4, 0.5) is 15.8 Å². The largest absolute Gasteiger partial charge is 0.493 e. The van der Waals surface area contributed by atoms with Gasteiger partial charge >= 0.3 is 0 Å². The molecule has 1 aliphatic carbocycles. The Kier molecular flexibility index (Phi) is 7.05. The highest BCUT2D eigenvalue weighted by Gasteiger charge is 2.22. The van der Waals surface area contributed by atoms with Crippen LogP contribution in [0.3, 0.4) is 0 Å². The molecule has 1 fully saturated rings. The van der Waals surface area contributed by atoms with Gasteiger partial charge in [-0.3, -0.25) is 9.59 Å². The number of hydrogen-bond acceptors (Lipinski definition) is 4. The van der Waals surface area contributed by atoms with Crippen LogP contribution in [0.15, 0.2) is 42.5 Å². The summed E-state index contributed by atoms with van der Waals surface area (Å²) >= 11 is 0. The lowest BCUT2D eigenvalue weighted by molar-refractivity contribution is -0.120. The summed E-state index contributed by atoms with van der Waals surface area (Å²) in [5.74, 6) is -0.244. The van der Waals surface area contributed by atoms with Gasteiger partial charge in [-0.05, 0) is 43.2 Å². The number of nitrogens with one attached hydrogen (secondary N) is 2. The smallest absolute Gasteiger partial charge is 0.262 e. The molecule has 0 saturated heterocycles. The first-order valence-electron chi connectivity index (χ1n) is 9.73. The fraction of sp³-hybridized carbons (Fsp3) is 0.364. The van der Waals surface area contributed by atoms with Gasteiger partial charge in [-0.25, -0.2) is 4.39 Å². The fourth-order valence-corrected chi connectivity index (χ4v) is 3.38. The molecule has 1 saturated carbocycles. The molecule has 0 aliphatic heterocycles. The number of benzene rings is 2. The van der Waals surface area contributed by atoms with Crippen molar-refractivity contribution in [2.75, 3.05) is 24.4 Å². The van der Waals surface area contributed by atoms with Crippen molar-refractivity contribution < 1.29 is 23.5 Å². The molecule has 2 N–H and O–H groups in total. The second kappa shape index (κ2) is 9.91. The number of methoxy groups -OCH3 is 1. The third-order valence-electron chi connectivity index (χ3n) is 4.91. The fourth-order valence-electron chi connectivity index (χ4n) is 3.38. The summed E-state index contributed by atoms with van der Waals surface area (Å²) in [4.78, 5) is 24.6. The maximum Gasteiger partial charge on any atom is 0.262 e. The van der Waals surface area contributed by atoms with Crippen molar-refractivity contribution in [2.45, 2.75) is 32.1 Å². The summed E-state index contributed by atoms with van der Waals surface area (Å²) in [5.41, 5.74) is 0.433. The van der Waals surface area contributed by atoms with Crippen LogP contribution >= 0.6 is 0 Å². The van der Waals surface area contributed by atoms with E-state index in [1.54, 1.807) is 24.3 Å². The number of ether oxygens (including phenoxy) is 2. The quantitative estimate of drug-likeness (QED) is 0.724. The van der Waals surface area contributed by atoms with Gasteiger partial charge in [-0.2, -0.15) is 0 Å². The molecule has 0 aromatic heterocycles. The Balaban J connectivity index is 1.58. The summed E-state index contributed by atoms with van der Waals surface area (Å²) in [6.07, 6.45) is 4.82. The summed E-state index contributed by atoms with van der Waals surface area (Å²) < 4.78 is 24.8. The zero-order chi connectivity index (χ0) is 20.6. The van der Waals surface area contributed by atoms with Crippen molar-refractivity contribution in [2.24, 2.45) is 5.92 Å². The molecule has 3 rings (SSSR count). The van der Waals surface area contributed by atoms with E-state index >= 15 is 0 Å². The molecule has 0 unspecified atom stereocenters. The third-order valence-corrected chi connectivity index (χ3v) is 4.91. The lowest BCUT2D eigenvalue weighted by Gasteiger charge is -2.21. The molecular weight excluding hydrogens is 375 g/mol. The van der Waals surface area contributed by atoms with E-state index in [2.05, 4.69) is 10.6 Å². The highest BCUT2D eigenvalue weighted by molar-refractivity contribution is 5.95. The van der Waals surface area contributed by atoms with Crippen molar-refractivity contribution in [1.82, 2.24) is 0 Å².